The van der Waals surface area contributed by atoms with Crippen LogP contribution in [0.5, 0.6) is 11.5 Å². The van der Waals surface area contributed by atoms with Crippen LogP contribution >= 0.6 is 23.2 Å². The fraction of sp³-hybridized carbons (Fsp3) is 0.154. The summed E-state index contributed by atoms with van der Waals surface area (Å²) in [4.78, 5) is 12.3. The molecular formula is C26H21Cl2F3N2O3. The first-order chi connectivity index (χ1) is 17.1. The zero-order chi connectivity index (χ0) is 26.3. The van der Waals surface area contributed by atoms with Gasteiger partial charge < -0.3 is 9.47 Å². The van der Waals surface area contributed by atoms with Gasteiger partial charge in [-0.25, -0.2) is 5.43 Å². The van der Waals surface area contributed by atoms with Crippen LogP contribution in [0.2, 0.25) is 10.0 Å². The van der Waals surface area contributed by atoms with E-state index in [1.807, 2.05) is 0 Å². The number of amides is 1. The molecule has 0 saturated heterocycles. The fourth-order valence-corrected chi connectivity index (χ4v) is 3.55. The Morgan fingerprint density at radius 1 is 1.11 bits per heavy atom. The Hall–Kier alpha value is -3.49. The third-order valence-electron chi connectivity index (χ3n) is 4.94. The highest BCUT2D eigenvalue weighted by Crippen LogP contribution is 2.34. The van der Waals surface area contributed by atoms with Crippen molar-refractivity contribution in [3.8, 4) is 11.5 Å². The highest BCUT2D eigenvalue weighted by atomic mass is 35.5. The van der Waals surface area contributed by atoms with Crippen LogP contribution in [-0.2, 0) is 19.2 Å². The van der Waals surface area contributed by atoms with Gasteiger partial charge in [0.05, 0.1) is 28.9 Å². The van der Waals surface area contributed by atoms with Crippen molar-refractivity contribution in [2.75, 3.05) is 7.11 Å². The topological polar surface area (TPSA) is 59.9 Å². The van der Waals surface area contributed by atoms with Gasteiger partial charge in [-0.1, -0.05) is 41.4 Å². The molecule has 1 N–H and O–H groups in total. The molecule has 0 aliphatic rings. The summed E-state index contributed by atoms with van der Waals surface area (Å²) in [6.07, 6.45) is -1.06. The molecule has 0 heterocycles. The number of methoxy groups -OCH3 is 1. The van der Waals surface area contributed by atoms with E-state index in [1.165, 1.54) is 19.4 Å². The molecule has 3 aromatic rings. The minimum atomic E-state index is -4.55. The molecular weight excluding hydrogens is 516 g/mol. The van der Waals surface area contributed by atoms with Crippen molar-refractivity contribution in [2.45, 2.75) is 19.2 Å². The van der Waals surface area contributed by atoms with Crippen molar-refractivity contribution in [3.63, 3.8) is 0 Å². The number of hydrogen-bond acceptors (Lipinski definition) is 4. The molecule has 0 aliphatic heterocycles. The third kappa shape index (κ3) is 7.02. The van der Waals surface area contributed by atoms with E-state index in [0.717, 1.165) is 29.3 Å². The molecule has 0 saturated carbocycles. The Kier molecular flexibility index (Phi) is 9.01. The van der Waals surface area contributed by atoms with E-state index in [2.05, 4.69) is 17.1 Å². The maximum absolute atomic E-state index is 12.9. The smallest absolute Gasteiger partial charge is 0.416 e. The minimum absolute atomic E-state index is 0.169. The van der Waals surface area contributed by atoms with Crippen LogP contribution in [0.15, 0.2) is 72.4 Å². The molecule has 0 radical (unpaired) electrons. The molecule has 10 heteroatoms. The predicted octanol–water partition coefficient (Wildman–Crippen LogP) is 7.09. The molecule has 0 bridgehead atoms. The third-order valence-corrected chi connectivity index (χ3v) is 5.68. The standard InChI is InChI=1S/C26H21Cl2F3N2O3/c1-3-5-18-10-17(14-32-33-25(34)19-6-4-7-20(13-19)26(29,30)31)12-23(35-2)24(18)36-15-16-8-9-21(27)22(28)11-16/h3-4,6-14H,1,5,15H2,2H3,(H,33,34)/b32-14-. The average molecular weight is 537 g/mol. The van der Waals surface area contributed by atoms with Crippen LogP contribution in [0, 0.1) is 0 Å². The Labute approximate surface area is 216 Å². The van der Waals surface area contributed by atoms with Gasteiger partial charge in [-0.3, -0.25) is 4.79 Å². The first-order valence-corrected chi connectivity index (χ1v) is 11.3. The van der Waals surface area contributed by atoms with Crippen molar-refractivity contribution in [3.05, 3.63) is 105 Å². The number of benzene rings is 3. The number of rotatable bonds is 9. The Balaban J connectivity index is 1.78. The van der Waals surface area contributed by atoms with Crippen molar-refractivity contribution < 1.29 is 27.4 Å². The summed E-state index contributed by atoms with van der Waals surface area (Å²) in [5.41, 5.74) is 3.26. The van der Waals surface area contributed by atoms with Crippen molar-refractivity contribution >= 4 is 35.3 Å². The van der Waals surface area contributed by atoms with E-state index in [1.54, 1.807) is 36.4 Å². The van der Waals surface area contributed by atoms with Crippen LogP contribution in [0.4, 0.5) is 13.2 Å². The van der Waals surface area contributed by atoms with E-state index in [9.17, 15) is 18.0 Å². The van der Waals surface area contributed by atoms with Gasteiger partial charge in [0.2, 0.25) is 0 Å². The highest BCUT2D eigenvalue weighted by Gasteiger charge is 2.30. The van der Waals surface area contributed by atoms with Crippen LogP contribution in [0.3, 0.4) is 0 Å². The quantitative estimate of drug-likeness (QED) is 0.180. The summed E-state index contributed by atoms with van der Waals surface area (Å²) in [6.45, 7) is 3.97. The van der Waals surface area contributed by atoms with Gasteiger partial charge in [0, 0.05) is 11.1 Å². The van der Waals surface area contributed by atoms with Crippen LogP contribution in [0.25, 0.3) is 0 Å². The fourth-order valence-electron chi connectivity index (χ4n) is 3.23. The lowest BCUT2D eigenvalue weighted by atomic mass is 10.1. The van der Waals surface area contributed by atoms with E-state index >= 15 is 0 Å². The number of ether oxygens (including phenoxy) is 2. The Bertz CT molecular complexity index is 1290. The summed E-state index contributed by atoms with van der Waals surface area (Å²) in [5, 5.41) is 4.72. The van der Waals surface area contributed by atoms with E-state index in [4.69, 9.17) is 32.7 Å². The maximum Gasteiger partial charge on any atom is 0.416 e. The van der Waals surface area contributed by atoms with Gasteiger partial charge >= 0.3 is 6.18 Å². The van der Waals surface area contributed by atoms with Gasteiger partial charge in [0.1, 0.15) is 6.61 Å². The monoisotopic (exact) mass is 536 g/mol. The summed E-state index contributed by atoms with van der Waals surface area (Å²) in [6, 6.07) is 12.7. The zero-order valence-corrected chi connectivity index (χ0v) is 20.5. The number of alkyl halides is 3. The van der Waals surface area contributed by atoms with Crippen LogP contribution in [0.1, 0.15) is 32.6 Å². The second kappa shape index (κ2) is 12.0. The molecule has 0 atom stereocenters. The average Bonchev–Trinajstić information content (AvgIpc) is 2.84. The van der Waals surface area contributed by atoms with E-state index in [0.29, 0.717) is 33.5 Å². The van der Waals surface area contributed by atoms with Gasteiger partial charge in [-0.2, -0.15) is 18.3 Å². The molecule has 5 nitrogen and oxygen atoms in total. The van der Waals surface area contributed by atoms with Gasteiger partial charge in [0.25, 0.3) is 5.91 Å². The highest BCUT2D eigenvalue weighted by molar-refractivity contribution is 6.42. The SMILES string of the molecule is C=CCc1cc(/C=N\NC(=O)c2cccc(C(F)(F)F)c2)cc(OC)c1OCc1ccc(Cl)c(Cl)c1. The molecule has 0 unspecified atom stereocenters. The second-order valence-electron chi connectivity index (χ2n) is 7.52. The Morgan fingerprint density at radius 3 is 2.56 bits per heavy atom. The van der Waals surface area contributed by atoms with Crippen molar-refractivity contribution in [2.24, 2.45) is 5.10 Å². The number of allylic oxidation sites excluding steroid dienone is 1. The molecule has 0 fully saturated rings. The lowest BCUT2D eigenvalue weighted by Gasteiger charge is -2.16. The van der Waals surface area contributed by atoms with Gasteiger partial charge in [0.15, 0.2) is 11.5 Å². The normalized spacial score (nSPS) is 11.4. The number of nitrogens with one attached hydrogen (secondary N) is 1. The molecule has 0 aromatic heterocycles. The zero-order valence-electron chi connectivity index (χ0n) is 19.0. The van der Waals surface area contributed by atoms with E-state index < -0.39 is 17.6 Å². The summed E-state index contributed by atoms with van der Waals surface area (Å²) in [7, 11) is 1.48. The lowest BCUT2D eigenvalue weighted by molar-refractivity contribution is -0.137. The first-order valence-electron chi connectivity index (χ1n) is 10.5. The molecule has 3 aromatic carbocycles. The molecule has 3 rings (SSSR count). The van der Waals surface area contributed by atoms with Crippen LogP contribution in [-0.4, -0.2) is 19.2 Å². The molecule has 188 valence electrons. The number of nitrogens with zero attached hydrogens (tertiary/aromatic N) is 1. The largest absolute Gasteiger partial charge is 0.493 e. The maximum atomic E-state index is 12.9. The van der Waals surface area contributed by atoms with Gasteiger partial charge in [-0.15, -0.1) is 6.58 Å². The number of hydrazone groups is 1. The van der Waals surface area contributed by atoms with E-state index in [-0.39, 0.29) is 12.2 Å². The van der Waals surface area contributed by atoms with Gasteiger partial charge in [-0.05, 0) is 60.0 Å². The summed E-state index contributed by atoms with van der Waals surface area (Å²) < 4.78 is 50.2. The predicted molar refractivity (Wildman–Crippen MR) is 134 cm³/mol. The van der Waals surface area contributed by atoms with Crippen molar-refractivity contribution in [1.29, 1.82) is 0 Å². The second-order valence-corrected chi connectivity index (χ2v) is 8.33. The summed E-state index contributed by atoms with van der Waals surface area (Å²) in [5.74, 6) is 0.130. The van der Waals surface area contributed by atoms with Crippen molar-refractivity contribution in [1.82, 2.24) is 5.43 Å². The lowest BCUT2D eigenvalue weighted by Crippen LogP contribution is -2.18. The number of halogens is 5. The molecule has 36 heavy (non-hydrogen) atoms. The first kappa shape index (κ1) is 27.1. The Morgan fingerprint density at radius 2 is 1.89 bits per heavy atom. The molecule has 1 amide bonds. The number of hydrogen-bond donors (Lipinski definition) is 1. The summed E-state index contributed by atoms with van der Waals surface area (Å²) >= 11 is 12.0. The molecule has 0 aliphatic carbocycles. The van der Waals surface area contributed by atoms with Crippen LogP contribution < -0.4 is 14.9 Å². The number of carbonyl (C=O) groups excluding carboxylic acids is 1. The number of carbonyl (C=O) groups is 1. The minimum Gasteiger partial charge on any atom is -0.493 e. The molecule has 0 spiro atoms.